The Bertz CT molecular complexity index is 1160. The number of aromatic amines is 1. The molecule has 2 aromatic heterocycles. The highest BCUT2D eigenvalue weighted by Crippen LogP contribution is 2.23. The summed E-state index contributed by atoms with van der Waals surface area (Å²) in [5.74, 6) is 1.43. The number of hydrogen-bond acceptors (Lipinski definition) is 5. The van der Waals surface area contributed by atoms with Gasteiger partial charge in [-0.2, -0.15) is 0 Å². The number of anilines is 1. The van der Waals surface area contributed by atoms with E-state index in [-0.39, 0.29) is 5.91 Å². The minimum absolute atomic E-state index is 0.301. The van der Waals surface area contributed by atoms with Crippen molar-refractivity contribution in [2.75, 3.05) is 12.4 Å². The van der Waals surface area contributed by atoms with Crippen molar-refractivity contribution in [1.29, 1.82) is 0 Å². The number of aromatic nitrogens is 4. The smallest absolute Gasteiger partial charge is 0.267 e. The third-order valence-corrected chi connectivity index (χ3v) is 4.76. The number of carbonyl (C=O) groups excluding carboxylic acids is 1. The number of hydrogen-bond donors (Lipinski definition) is 2. The minimum Gasteiger partial charge on any atom is -0.497 e. The monoisotopic (exact) mass is 417 g/mol. The van der Waals surface area contributed by atoms with Gasteiger partial charge in [0.1, 0.15) is 11.5 Å². The molecule has 1 unspecified atom stereocenters. The Morgan fingerprint density at radius 2 is 1.71 bits per heavy atom. The van der Waals surface area contributed by atoms with E-state index in [1.807, 2.05) is 66.3 Å². The summed E-state index contributed by atoms with van der Waals surface area (Å²) < 4.78 is 12.8. The van der Waals surface area contributed by atoms with Crippen LogP contribution in [0.1, 0.15) is 6.92 Å². The van der Waals surface area contributed by atoms with E-state index in [1.54, 1.807) is 26.6 Å². The third kappa shape index (κ3) is 4.75. The molecule has 4 aromatic rings. The lowest BCUT2D eigenvalue weighted by Crippen LogP contribution is -2.30. The molecule has 0 spiro atoms. The van der Waals surface area contributed by atoms with Crippen molar-refractivity contribution < 1.29 is 14.3 Å². The lowest BCUT2D eigenvalue weighted by atomic mass is 10.1. The molecule has 158 valence electrons. The first-order valence-corrected chi connectivity index (χ1v) is 9.77. The number of benzene rings is 2. The van der Waals surface area contributed by atoms with Crippen molar-refractivity contribution in [2.24, 2.45) is 7.05 Å². The Morgan fingerprint density at radius 1 is 1.03 bits per heavy atom. The highest BCUT2D eigenvalue weighted by atomic mass is 16.5. The summed E-state index contributed by atoms with van der Waals surface area (Å²) in [6, 6.07) is 15.0. The van der Waals surface area contributed by atoms with E-state index in [9.17, 15) is 4.79 Å². The minimum atomic E-state index is -0.699. The summed E-state index contributed by atoms with van der Waals surface area (Å²) >= 11 is 0. The van der Waals surface area contributed by atoms with Gasteiger partial charge in [0, 0.05) is 18.8 Å². The molecule has 31 heavy (non-hydrogen) atoms. The zero-order valence-corrected chi connectivity index (χ0v) is 17.5. The van der Waals surface area contributed by atoms with Gasteiger partial charge in [-0.25, -0.2) is 9.97 Å². The first-order valence-electron chi connectivity index (χ1n) is 9.77. The number of amides is 1. The van der Waals surface area contributed by atoms with Gasteiger partial charge in [-0.1, -0.05) is 0 Å². The second-order valence-electron chi connectivity index (χ2n) is 7.07. The molecule has 2 heterocycles. The maximum absolute atomic E-state index is 12.5. The molecular formula is C23H23N5O3. The van der Waals surface area contributed by atoms with E-state index in [0.29, 0.717) is 11.7 Å². The molecule has 8 heteroatoms. The number of imidazole rings is 2. The van der Waals surface area contributed by atoms with Crippen LogP contribution in [-0.4, -0.2) is 38.6 Å². The zero-order chi connectivity index (χ0) is 21.8. The van der Waals surface area contributed by atoms with Crippen LogP contribution in [-0.2, 0) is 11.8 Å². The second kappa shape index (κ2) is 8.74. The molecule has 0 aliphatic carbocycles. The summed E-state index contributed by atoms with van der Waals surface area (Å²) in [5, 5.41) is 2.75. The molecule has 0 fully saturated rings. The Balaban J connectivity index is 1.36. The number of rotatable bonds is 7. The molecular weight excluding hydrogens is 394 g/mol. The molecule has 0 saturated heterocycles. The van der Waals surface area contributed by atoms with Crippen molar-refractivity contribution in [3.05, 3.63) is 67.3 Å². The number of nitrogens with one attached hydrogen (secondary N) is 2. The Hall–Kier alpha value is -4.07. The number of methoxy groups -OCH3 is 1. The van der Waals surface area contributed by atoms with Gasteiger partial charge in [-0.15, -0.1) is 0 Å². The molecule has 8 nitrogen and oxygen atoms in total. The van der Waals surface area contributed by atoms with Crippen molar-refractivity contribution in [1.82, 2.24) is 19.5 Å². The van der Waals surface area contributed by atoms with Gasteiger partial charge < -0.3 is 19.0 Å². The molecule has 0 saturated carbocycles. The highest BCUT2D eigenvalue weighted by Gasteiger charge is 2.17. The molecule has 1 atom stereocenters. The number of carbonyl (C=O) groups is 1. The number of H-pyrrole nitrogens is 1. The van der Waals surface area contributed by atoms with Gasteiger partial charge >= 0.3 is 0 Å². The van der Waals surface area contributed by atoms with Crippen LogP contribution in [0, 0.1) is 0 Å². The van der Waals surface area contributed by atoms with E-state index < -0.39 is 6.10 Å². The maximum Gasteiger partial charge on any atom is 0.267 e. The highest BCUT2D eigenvalue weighted by molar-refractivity contribution is 5.92. The zero-order valence-electron chi connectivity index (χ0n) is 17.5. The van der Waals surface area contributed by atoms with E-state index in [2.05, 4.69) is 20.3 Å². The van der Waals surface area contributed by atoms with Crippen molar-refractivity contribution in [2.45, 2.75) is 13.0 Å². The van der Waals surface area contributed by atoms with Crippen LogP contribution >= 0.6 is 0 Å². The fraction of sp³-hybridized carbons (Fsp3) is 0.174. The fourth-order valence-electron chi connectivity index (χ4n) is 3.04. The van der Waals surface area contributed by atoms with Crippen molar-refractivity contribution in [3.63, 3.8) is 0 Å². The van der Waals surface area contributed by atoms with Crippen molar-refractivity contribution in [3.8, 4) is 34.0 Å². The molecule has 4 rings (SSSR count). The molecule has 0 bridgehead atoms. The van der Waals surface area contributed by atoms with Crippen LogP contribution < -0.4 is 14.8 Å². The van der Waals surface area contributed by atoms with Gasteiger partial charge in [0.25, 0.3) is 5.91 Å². The van der Waals surface area contributed by atoms with Crippen LogP contribution in [0.3, 0.4) is 0 Å². The van der Waals surface area contributed by atoms with Gasteiger partial charge in [0.15, 0.2) is 6.10 Å². The third-order valence-electron chi connectivity index (χ3n) is 4.76. The number of aryl methyl sites for hydroxylation is 1. The Morgan fingerprint density at radius 3 is 2.35 bits per heavy atom. The first-order chi connectivity index (χ1) is 15.0. The van der Waals surface area contributed by atoms with E-state index in [4.69, 9.17) is 9.47 Å². The molecule has 2 N–H and O–H groups in total. The predicted octanol–water partition coefficient (Wildman–Crippen LogP) is 3.89. The standard InChI is InChI=1S/C23H23N5O3/c1-15(31-19-10-6-17(7-11-19)21-13-28(2)14-25-21)22(29)27-23-24-12-20(26-23)16-4-8-18(30-3)9-5-16/h4-15H,1-3H3,(H2,24,26,27,29). The van der Waals surface area contributed by atoms with E-state index >= 15 is 0 Å². The average Bonchev–Trinajstić information content (AvgIpc) is 3.43. The largest absolute Gasteiger partial charge is 0.497 e. The lowest BCUT2D eigenvalue weighted by molar-refractivity contribution is -0.122. The number of nitrogens with zero attached hydrogens (tertiary/aromatic N) is 3. The average molecular weight is 417 g/mol. The van der Waals surface area contributed by atoms with E-state index in [0.717, 1.165) is 28.3 Å². The first kappa shape index (κ1) is 20.2. The molecule has 0 aliphatic heterocycles. The summed E-state index contributed by atoms with van der Waals surface area (Å²) in [5.41, 5.74) is 3.58. The number of ether oxygens (including phenoxy) is 2. The topological polar surface area (TPSA) is 94.1 Å². The molecule has 1 amide bonds. The summed E-state index contributed by atoms with van der Waals surface area (Å²) in [6.45, 7) is 1.69. The Kier molecular flexibility index (Phi) is 5.70. The van der Waals surface area contributed by atoms with Crippen LogP contribution in [0.15, 0.2) is 67.3 Å². The van der Waals surface area contributed by atoms with Crippen LogP contribution in [0.25, 0.3) is 22.5 Å². The van der Waals surface area contributed by atoms with Gasteiger partial charge in [-0.05, 0) is 61.0 Å². The Labute approximate surface area is 179 Å². The van der Waals surface area contributed by atoms with Crippen LogP contribution in [0.2, 0.25) is 0 Å². The lowest BCUT2D eigenvalue weighted by Gasteiger charge is -2.14. The van der Waals surface area contributed by atoms with E-state index in [1.165, 1.54) is 0 Å². The summed E-state index contributed by atoms with van der Waals surface area (Å²) in [6.07, 6.45) is 4.66. The summed E-state index contributed by atoms with van der Waals surface area (Å²) in [4.78, 5) is 24.2. The molecule has 0 radical (unpaired) electrons. The van der Waals surface area contributed by atoms with Gasteiger partial charge in [0.05, 0.1) is 31.0 Å². The summed E-state index contributed by atoms with van der Waals surface area (Å²) in [7, 11) is 3.55. The fourth-order valence-corrected chi connectivity index (χ4v) is 3.04. The molecule has 0 aliphatic rings. The molecule has 2 aromatic carbocycles. The second-order valence-corrected chi connectivity index (χ2v) is 7.07. The normalized spacial score (nSPS) is 11.7. The van der Waals surface area contributed by atoms with Gasteiger partial charge in [-0.3, -0.25) is 10.1 Å². The van der Waals surface area contributed by atoms with Crippen LogP contribution in [0.4, 0.5) is 5.95 Å². The predicted molar refractivity (Wildman–Crippen MR) is 118 cm³/mol. The van der Waals surface area contributed by atoms with Gasteiger partial charge in [0.2, 0.25) is 5.95 Å². The maximum atomic E-state index is 12.5. The van der Waals surface area contributed by atoms with Crippen molar-refractivity contribution >= 4 is 11.9 Å². The quantitative estimate of drug-likeness (QED) is 0.476. The van der Waals surface area contributed by atoms with Crippen LogP contribution in [0.5, 0.6) is 11.5 Å². The SMILES string of the molecule is COc1ccc(-c2cnc(NC(=O)C(C)Oc3ccc(-c4cn(C)cn4)cc3)[nH]2)cc1.